The molecule has 0 spiro atoms. The van der Waals surface area contributed by atoms with Crippen molar-refractivity contribution in [3.05, 3.63) is 29.3 Å². The summed E-state index contributed by atoms with van der Waals surface area (Å²) in [6.07, 6.45) is 3.42. The number of benzene rings is 1. The normalized spacial score (nSPS) is 21.6. The monoisotopic (exact) mass is 274 g/mol. The molecular weight excluding hydrogens is 256 g/mol. The first-order valence-corrected chi connectivity index (χ1v) is 7.08. The summed E-state index contributed by atoms with van der Waals surface area (Å²) in [6.45, 7) is 1.55. The molecule has 5 heteroatoms. The summed E-state index contributed by atoms with van der Waals surface area (Å²) in [6, 6.07) is 5.07. The topological polar surface area (TPSA) is 69.6 Å². The van der Waals surface area contributed by atoms with Gasteiger partial charge in [0.25, 0.3) is 0 Å². The fraction of sp³-hybridized carbons (Fsp3) is 0.467. The molecule has 2 aliphatic rings. The molecule has 3 rings (SSSR count). The molecule has 0 bridgehead atoms. The van der Waals surface area contributed by atoms with Gasteiger partial charge in [-0.05, 0) is 49.9 Å². The number of nitrogens with zero attached hydrogens (tertiary/aromatic N) is 1. The van der Waals surface area contributed by atoms with Gasteiger partial charge in [-0.1, -0.05) is 6.07 Å². The van der Waals surface area contributed by atoms with Crippen LogP contribution in [0.2, 0.25) is 0 Å². The van der Waals surface area contributed by atoms with E-state index in [-0.39, 0.29) is 11.9 Å². The van der Waals surface area contributed by atoms with Gasteiger partial charge in [0.2, 0.25) is 5.91 Å². The molecule has 1 aromatic carbocycles. The molecule has 2 aliphatic heterocycles. The van der Waals surface area contributed by atoms with E-state index in [9.17, 15) is 14.7 Å². The summed E-state index contributed by atoms with van der Waals surface area (Å²) in [4.78, 5) is 25.6. The molecule has 1 fully saturated rings. The minimum Gasteiger partial charge on any atom is -0.478 e. The van der Waals surface area contributed by atoms with E-state index in [1.807, 2.05) is 6.07 Å². The third kappa shape index (κ3) is 2.18. The number of carbonyl (C=O) groups excluding carboxylic acids is 1. The van der Waals surface area contributed by atoms with Crippen LogP contribution in [-0.4, -0.2) is 36.1 Å². The minimum atomic E-state index is -0.921. The van der Waals surface area contributed by atoms with Crippen molar-refractivity contribution in [3.63, 3.8) is 0 Å². The van der Waals surface area contributed by atoms with E-state index >= 15 is 0 Å². The fourth-order valence-corrected chi connectivity index (χ4v) is 3.14. The Kier molecular flexibility index (Phi) is 3.44. The lowest BCUT2D eigenvalue weighted by molar-refractivity contribution is -0.120. The van der Waals surface area contributed by atoms with E-state index in [2.05, 4.69) is 5.32 Å². The average molecular weight is 274 g/mol. The standard InChI is InChI=1S/C15H18N2O3/c18-14(12-6-2-8-16-12)17-9-3-5-10-11(15(19)20)4-1-7-13(10)17/h1,4,7,12,16H,2-3,5-6,8-9H2,(H,19,20). The van der Waals surface area contributed by atoms with Gasteiger partial charge in [0.15, 0.2) is 0 Å². The van der Waals surface area contributed by atoms with Gasteiger partial charge in [-0.25, -0.2) is 4.79 Å². The maximum atomic E-state index is 12.6. The van der Waals surface area contributed by atoms with Gasteiger partial charge >= 0.3 is 5.97 Å². The first kappa shape index (κ1) is 13.1. The van der Waals surface area contributed by atoms with Crippen LogP contribution in [-0.2, 0) is 11.2 Å². The third-order valence-corrected chi connectivity index (χ3v) is 4.11. The summed E-state index contributed by atoms with van der Waals surface area (Å²) in [5, 5.41) is 12.5. The highest BCUT2D eigenvalue weighted by atomic mass is 16.4. The van der Waals surface area contributed by atoms with Gasteiger partial charge in [-0.2, -0.15) is 0 Å². The van der Waals surface area contributed by atoms with Gasteiger partial charge in [-0.3, -0.25) is 4.79 Å². The molecule has 1 unspecified atom stereocenters. The largest absolute Gasteiger partial charge is 0.478 e. The molecule has 0 saturated carbocycles. The van der Waals surface area contributed by atoms with E-state index in [4.69, 9.17) is 0 Å². The molecule has 2 N–H and O–H groups in total. The fourth-order valence-electron chi connectivity index (χ4n) is 3.14. The van der Waals surface area contributed by atoms with Crippen molar-refractivity contribution in [2.24, 2.45) is 0 Å². The quantitative estimate of drug-likeness (QED) is 0.855. The van der Waals surface area contributed by atoms with Crippen LogP contribution in [0.15, 0.2) is 18.2 Å². The number of hydrogen-bond acceptors (Lipinski definition) is 3. The number of rotatable bonds is 2. The first-order chi connectivity index (χ1) is 9.68. The minimum absolute atomic E-state index is 0.0750. The van der Waals surface area contributed by atoms with Crippen LogP contribution in [0, 0.1) is 0 Å². The van der Waals surface area contributed by atoms with Crippen LogP contribution in [0.4, 0.5) is 5.69 Å². The number of aromatic carboxylic acids is 1. The summed E-state index contributed by atoms with van der Waals surface area (Å²) in [5.74, 6) is -0.846. The van der Waals surface area contributed by atoms with Crippen molar-refractivity contribution in [1.29, 1.82) is 0 Å². The average Bonchev–Trinajstić information content (AvgIpc) is 2.99. The second kappa shape index (κ2) is 5.25. The SMILES string of the molecule is O=C(O)c1cccc2c1CCCN2C(=O)C1CCCN1. The molecule has 20 heavy (non-hydrogen) atoms. The summed E-state index contributed by atoms with van der Waals surface area (Å²) >= 11 is 0. The Hall–Kier alpha value is -1.88. The Labute approximate surface area is 117 Å². The van der Waals surface area contributed by atoms with Crippen LogP contribution in [0.3, 0.4) is 0 Å². The molecule has 0 aromatic heterocycles. The van der Waals surface area contributed by atoms with Crippen molar-refractivity contribution in [1.82, 2.24) is 5.32 Å². The number of amides is 1. The molecule has 1 atom stereocenters. The van der Waals surface area contributed by atoms with E-state index in [1.165, 1.54) is 0 Å². The van der Waals surface area contributed by atoms with Gasteiger partial charge in [0.05, 0.1) is 11.6 Å². The van der Waals surface area contributed by atoms with Crippen LogP contribution < -0.4 is 10.2 Å². The predicted octanol–water partition coefficient (Wildman–Crippen LogP) is 1.42. The first-order valence-electron chi connectivity index (χ1n) is 7.08. The highest BCUT2D eigenvalue weighted by molar-refractivity contribution is 6.00. The lowest BCUT2D eigenvalue weighted by atomic mass is 9.95. The zero-order chi connectivity index (χ0) is 14.1. The second-order valence-electron chi connectivity index (χ2n) is 5.35. The van der Waals surface area contributed by atoms with Crippen molar-refractivity contribution in [3.8, 4) is 0 Å². The zero-order valence-electron chi connectivity index (χ0n) is 11.3. The smallest absolute Gasteiger partial charge is 0.336 e. The number of fused-ring (bicyclic) bond motifs is 1. The number of carbonyl (C=O) groups is 2. The molecule has 106 valence electrons. The van der Waals surface area contributed by atoms with Gasteiger partial charge in [-0.15, -0.1) is 0 Å². The Morgan fingerprint density at radius 2 is 2.15 bits per heavy atom. The summed E-state index contributed by atoms with van der Waals surface area (Å²) in [7, 11) is 0. The Morgan fingerprint density at radius 1 is 1.30 bits per heavy atom. The van der Waals surface area contributed by atoms with Crippen molar-refractivity contribution < 1.29 is 14.7 Å². The molecule has 1 amide bonds. The van der Waals surface area contributed by atoms with Gasteiger partial charge in [0.1, 0.15) is 0 Å². The van der Waals surface area contributed by atoms with Crippen LogP contribution in [0.25, 0.3) is 0 Å². The van der Waals surface area contributed by atoms with Crippen molar-refractivity contribution in [2.45, 2.75) is 31.7 Å². The maximum absolute atomic E-state index is 12.6. The number of hydrogen-bond donors (Lipinski definition) is 2. The number of carboxylic acids is 1. The van der Waals surface area contributed by atoms with E-state index in [1.54, 1.807) is 17.0 Å². The molecule has 1 saturated heterocycles. The Balaban J connectivity index is 1.95. The van der Waals surface area contributed by atoms with Crippen LogP contribution in [0.5, 0.6) is 0 Å². The maximum Gasteiger partial charge on any atom is 0.336 e. The lowest BCUT2D eigenvalue weighted by Gasteiger charge is -2.32. The predicted molar refractivity (Wildman–Crippen MR) is 75.1 cm³/mol. The van der Waals surface area contributed by atoms with E-state index in [0.717, 1.165) is 43.5 Å². The highest BCUT2D eigenvalue weighted by Gasteiger charge is 2.31. The molecular formula is C15H18N2O3. The van der Waals surface area contributed by atoms with E-state index in [0.29, 0.717) is 12.1 Å². The van der Waals surface area contributed by atoms with Crippen molar-refractivity contribution >= 4 is 17.6 Å². The zero-order valence-corrected chi connectivity index (χ0v) is 11.3. The van der Waals surface area contributed by atoms with Gasteiger partial charge in [0, 0.05) is 12.2 Å². The number of nitrogens with one attached hydrogen (secondary N) is 1. The Morgan fingerprint density at radius 3 is 2.85 bits per heavy atom. The molecule has 5 nitrogen and oxygen atoms in total. The number of carboxylic acid groups (broad SMARTS) is 1. The molecule has 0 radical (unpaired) electrons. The highest BCUT2D eigenvalue weighted by Crippen LogP contribution is 2.31. The van der Waals surface area contributed by atoms with Crippen LogP contribution in [0.1, 0.15) is 35.2 Å². The van der Waals surface area contributed by atoms with E-state index < -0.39 is 5.97 Å². The summed E-state index contributed by atoms with van der Waals surface area (Å²) in [5.41, 5.74) is 1.88. The second-order valence-corrected chi connectivity index (χ2v) is 5.35. The lowest BCUT2D eigenvalue weighted by Crippen LogP contribution is -2.46. The third-order valence-electron chi connectivity index (χ3n) is 4.11. The van der Waals surface area contributed by atoms with Crippen molar-refractivity contribution in [2.75, 3.05) is 18.0 Å². The summed E-state index contributed by atoms with van der Waals surface area (Å²) < 4.78 is 0. The van der Waals surface area contributed by atoms with Crippen LogP contribution >= 0.6 is 0 Å². The van der Waals surface area contributed by atoms with Gasteiger partial charge < -0.3 is 15.3 Å². The molecule has 1 aromatic rings. The number of anilines is 1. The Bertz CT molecular complexity index is 550. The molecule has 2 heterocycles. The molecule has 0 aliphatic carbocycles.